The molecule has 0 radical (unpaired) electrons. The Bertz CT molecular complexity index is 218. The Morgan fingerprint density at radius 2 is 1.82 bits per heavy atom. The predicted octanol–water partition coefficient (Wildman–Crippen LogP) is 2.23. The summed E-state index contributed by atoms with van der Waals surface area (Å²) in [5.41, 5.74) is -0.501. The second kappa shape index (κ2) is 6.17. The van der Waals surface area contributed by atoms with Crippen molar-refractivity contribution >= 4 is 0 Å². The number of aliphatic hydroxyl groups is 1. The lowest BCUT2D eigenvalue weighted by atomic mass is 9.92. The van der Waals surface area contributed by atoms with Gasteiger partial charge in [0.2, 0.25) is 0 Å². The van der Waals surface area contributed by atoms with Crippen LogP contribution in [0.5, 0.6) is 0 Å². The Hall–Kier alpha value is -0.120. The zero-order valence-corrected chi connectivity index (χ0v) is 11.1. The fourth-order valence-electron chi connectivity index (χ4n) is 3.17. The molecule has 0 atom stereocenters. The van der Waals surface area contributed by atoms with Crippen LogP contribution in [0, 0.1) is 0 Å². The average molecular weight is 241 g/mol. The van der Waals surface area contributed by atoms with Crippen LogP contribution in [-0.2, 0) is 4.74 Å². The minimum atomic E-state index is -0.501. The zero-order valence-electron chi connectivity index (χ0n) is 11.1. The SMILES string of the molecule is CCNC1CCC(OCC2(O)CCCC2)CC1. The molecule has 3 nitrogen and oxygen atoms in total. The van der Waals surface area contributed by atoms with Gasteiger partial charge in [-0.1, -0.05) is 19.8 Å². The van der Waals surface area contributed by atoms with Gasteiger partial charge in [0.1, 0.15) is 0 Å². The summed E-state index contributed by atoms with van der Waals surface area (Å²) < 4.78 is 5.92. The first-order valence-electron chi connectivity index (χ1n) is 7.29. The van der Waals surface area contributed by atoms with E-state index in [2.05, 4.69) is 12.2 Å². The van der Waals surface area contributed by atoms with Crippen LogP contribution in [0.1, 0.15) is 58.3 Å². The molecule has 0 spiro atoms. The molecule has 0 unspecified atom stereocenters. The fraction of sp³-hybridized carbons (Fsp3) is 1.00. The molecule has 0 aliphatic heterocycles. The van der Waals surface area contributed by atoms with E-state index in [0.717, 1.165) is 45.1 Å². The van der Waals surface area contributed by atoms with Crippen molar-refractivity contribution in [3.8, 4) is 0 Å². The van der Waals surface area contributed by atoms with Crippen LogP contribution in [0.15, 0.2) is 0 Å². The van der Waals surface area contributed by atoms with Crippen LogP contribution in [0.2, 0.25) is 0 Å². The highest BCUT2D eigenvalue weighted by Crippen LogP contribution is 2.31. The van der Waals surface area contributed by atoms with Gasteiger partial charge in [-0.15, -0.1) is 0 Å². The van der Waals surface area contributed by atoms with Gasteiger partial charge >= 0.3 is 0 Å². The summed E-state index contributed by atoms with van der Waals surface area (Å²) >= 11 is 0. The van der Waals surface area contributed by atoms with Gasteiger partial charge < -0.3 is 15.2 Å². The van der Waals surface area contributed by atoms with E-state index in [4.69, 9.17) is 4.74 Å². The quantitative estimate of drug-likeness (QED) is 0.775. The topological polar surface area (TPSA) is 41.5 Å². The van der Waals surface area contributed by atoms with Crippen LogP contribution in [-0.4, -0.2) is 36.0 Å². The van der Waals surface area contributed by atoms with Gasteiger partial charge in [0.05, 0.1) is 18.3 Å². The van der Waals surface area contributed by atoms with E-state index in [-0.39, 0.29) is 0 Å². The molecule has 2 rings (SSSR count). The van der Waals surface area contributed by atoms with Crippen LogP contribution in [0.25, 0.3) is 0 Å². The lowest BCUT2D eigenvalue weighted by Gasteiger charge is -2.31. The molecule has 0 amide bonds. The Morgan fingerprint density at radius 1 is 1.18 bits per heavy atom. The molecule has 100 valence electrons. The third-order valence-corrected chi connectivity index (χ3v) is 4.29. The van der Waals surface area contributed by atoms with Gasteiger partial charge in [-0.25, -0.2) is 0 Å². The van der Waals surface area contributed by atoms with E-state index in [1.807, 2.05) is 0 Å². The number of hydrogen-bond donors (Lipinski definition) is 2. The Balaban J connectivity index is 1.64. The van der Waals surface area contributed by atoms with Crippen molar-refractivity contribution in [1.82, 2.24) is 5.32 Å². The number of nitrogens with one attached hydrogen (secondary N) is 1. The first-order valence-corrected chi connectivity index (χ1v) is 7.29. The molecule has 2 N–H and O–H groups in total. The zero-order chi connectivity index (χ0) is 12.1. The van der Waals surface area contributed by atoms with Crippen LogP contribution in [0.4, 0.5) is 0 Å². The molecule has 0 aromatic rings. The molecule has 2 fully saturated rings. The van der Waals surface area contributed by atoms with Crippen molar-refractivity contribution in [2.24, 2.45) is 0 Å². The highest BCUT2D eigenvalue weighted by Gasteiger charge is 2.32. The molecule has 2 aliphatic carbocycles. The first-order chi connectivity index (χ1) is 8.22. The number of ether oxygens (including phenoxy) is 1. The molecular formula is C14H27NO2. The monoisotopic (exact) mass is 241 g/mol. The van der Waals surface area contributed by atoms with E-state index < -0.39 is 5.60 Å². The summed E-state index contributed by atoms with van der Waals surface area (Å²) in [6, 6.07) is 0.689. The third kappa shape index (κ3) is 3.94. The van der Waals surface area contributed by atoms with E-state index >= 15 is 0 Å². The third-order valence-electron chi connectivity index (χ3n) is 4.29. The summed E-state index contributed by atoms with van der Waals surface area (Å²) in [6.07, 6.45) is 9.30. The summed E-state index contributed by atoms with van der Waals surface area (Å²) in [7, 11) is 0. The Labute approximate surface area is 105 Å². The van der Waals surface area contributed by atoms with E-state index in [0.29, 0.717) is 18.8 Å². The van der Waals surface area contributed by atoms with Gasteiger partial charge in [0.25, 0.3) is 0 Å². The molecule has 0 aromatic heterocycles. The fourth-order valence-corrected chi connectivity index (χ4v) is 3.17. The molecule has 0 saturated heterocycles. The summed E-state index contributed by atoms with van der Waals surface area (Å²) in [5.74, 6) is 0. The highest BCUT2D eigenvalue weighted by atomic mass is 16.5. The van der Waals surface area contributed by atoms with Crippen molar-refractivity contribution in [3.63, 3.8) is 0 Å². The van der Waals surface area contributed by atoms with Gasteiger partial charge in [0.15, 0.2) is 0 Å². The molecule has 0 heterocycles. The summed E-state index contributed by atoms with van der Waals surface area (Å²) in [5, 5.41) is 13.7. The molecule has 3 heteroatoms. The molecular weight excluding hydrogens is 214 g/mol. The average Bonchev–Trinajstić information content (AvgIpc) is 2.76. The molecule has 0 aromatic carbocycles. The minimum absolute atomic E-state index is 0.384. The standard InChI is InChI=1S/C14H27NO2/c1-2-15-12-5-7-13(8-6-12)17-11-14(16)9-3-4-10-14/h12-13,15-16H,2-11H2,1H3. The van der Waals surface area contributed by atoms with E-state index in [9.17, 15) is 5.11 Å². The van der Waals surface area contributed by atoms with Gasteiger partial charge in [-0.3, -0.25) is 0 Å². The van der Waals surface area contributed by atoms with Crippen LogP contribution < -0.4 is 5.32 Å². The normalized spacial score (nSPS) is 32.8. The van der Waals surface area contributed by atoms with Crippen LogP contribution >= 0.6 is 0 Å². The van der Waals surface area contributed by atoms with Gasteiger partial charge in [0, 0.05) is 6.04 Å². The highest BCUT2D eigenvalue weighted by molar-refractivity contribution is 4.85. The maximum absolute atomic E-state index is 10.2. The smallest absolute Gasteiger partial charge is 0.0880 e. The summed E-state index contributed by atoms with van der Waals surface area (Å²) in [6.45, 7) is 3.79. The van der Waals surface area contributed by atoms with Crippen molar-refractivity contribution in [2.75, 3.05) is 13.2 Å². The predicted molar refractivity (Wildman–Crippen MR) is 69.1 cm³/mol. The second-order valence-electron chi connectivity index (χ2n) is 5.77. The van der Waals surface area contributed by atoms with Gasteiger partial charge in [-0.05, 0) is 45.1 Å². The largest absolute Gasteiger partial charge is 0.387 e. The molecule has 17 heavy (non-hydrogen) atoms. The number of rotatable bonds is 5. The lowest BCUT2D eigenvalue weighted by Crippen LogP contribution is -2.38. The van der Waals surface area contributed by atoms with E-state index in [1.54, 1.807) is 0 Å². The number of hydrogen-bond acceptors (Lipinski definition) is 3. The Kier molecular flexibility index (Phi) is 4.83. The first kappa shape index (κ1) is 13.3. The lowest BCUT2D eigenvalue weighted by molar-refractivity contribution is -0.0786. The minimum Gasteiger partial charge on any atom is -0.387 e. The Morgan fingerprint density at radius 3 is 2.41 bits per heavy atom. The molecule has 2 saturated carbocycles. The van der Waals surface area contributed by atoms with Crippen molar-refractivity contribution < 1.29 is 9.84 Å². The molecule has 2 aliphatic rings. The molecule has 0 bridgehead atoms. The second-order valence-corrected chi connectivity index (χ2v) is 5.77. The van der Waals surface area contributed by atoms with E-state index in [1.165, 1.54) is 12.8 Å². The van der Waals surface area contributed by atoms with Crippen molar-refractivity contribution in [1.29, 1.82) is 0 Å². The van der Waals surface area contributed by atoms with Crippen molar-refractivity contribution in [2.45, 2.75) is 76.0 Å². The van der Waals surface area contributed by atoms with Gasteiger partial charge in [-0.2, -0.15) is 0 Å². The van der Waals surface area contributed by atoms with Crippen LogP contribution in [0.3, 0.4) is 0 Å². The summed E-state index contributed by atoms with van der Waals surface area (Å²) in [4.78, 5) is 0. The van der Waals surface area contributed by atoms with Crippen molar-refractivity contribution in [3.05, 3.63) is 0 Å². The maximum atomic E-state index is 10.2. The maximum Gasteiger partial charge on any atom is 0.0880 e.